The molecule has 1 aliphatic heterocycles. The van der Waals surface area contributed by atoms with Gasteiger partial charge in [0.25, 0.3) is 11.5 Å². The zero-order valence-electron chi connectivity index (χ0n) is 15.3. The van der Waals surface area contributed by atoms with Crippen molar-refractivity contribution in [3.05, 3.63) is 46.3 Å². The standard InChI is InChI=1S/C18H21N5O3S/c1-12-5-3-7-22(10-12)18-20-23-14(9-15(24)19-17(23)27-18)16(25)21(2)11-13-6-4-8-26-13/h4,6,8-9,12H,3,5,7,10-11H2,1-2H3/t12-/m1/s1. The van der Waals surface area contributed by atoms with Crippen molar-refractivity contribution in [2.75, 3.05) is 25.0 Å². The van der Waals surface area contributed by atoms with Gasteiger partial charge in [0.05, 0.1) is 12.8 Å². The van der Waals surface area contributed by atoms with E-state index in [0.717, 1.165) is 24.6 Å². The summed E-state index contributed by atoms with van der Waals surface area (Å²) in [7, 11) is 1.67. The first-order valence-corrected chi connectivity index (χ1v) is 9.76. The van der Waals surface area contributed by atoms with Crippen molar-refractivity contribution >= 4 is 27.3 Å². The van der Waals surface area contributed by atoms with Gasteiger partial charge in [-0.15, -0.1) is 5.10 Å². The van der Waals surface area contributed by atoms with Crippen molar-refractivity contribution in [1.82, 2.24) is 19.5 Å². The van der Waals surface area contributed by atoms with Crippen molar-refractivity contribution in [2.24, 2.45) is 5.92 Å². The highest BCUT2D eigenvalue weighted by atomic mass is 32.1. The van der Waals surface area contributed by atoms with Gasteiger partial charge in [-0.25, -0.2) is 0 Å². The average molecular weight is 387 g/mol. The number of nitrogens with zero attached hydrogens (tertiary/aromatic N) is 5. The van der Waals surface area contributed by atoms with Gasteiger partial charge < -0.3 is 14.2 Å². The number of furan rings is 1. The molecular weight excluding hydrogens is 366 g/mol. The van der Waals surface area contributed by atoms with Gasteiger partial charge in [0.2, 0.25) is 10.1 Å². The first-order chi connectivity index (χ1) is 13.0. The van der Waals surface area contributed by atoms with Crippen LogP contribution in [0.5, 0.6) is 0 Å². The van der Waals surface area contributed by atoms with E-state index in [-0.39, 0.29) is 11.6 Å². The lowest BCUT2D eigenvalue weighted by Gasteiger charge is -2.30. The van der Waals surface area contributed by atoms with E-state index in [1.807, 2.05) is 0 Å². The molecule has 1 atom stereocenters. The zero-order valence-corrected chi connectivity index (χ0v) is 16.1. The molecule has 1 aliphatic rings. The average Bonchev–Trinajstić information content (AvgIpc) is 3.29. The Bertz CT molecular complexity index is 1010. The summed E-state index contributed by atoms with van der Waals surface area (Å²) in [5, 5.41) is 5.40. The van der Waals surface area contributed by atoms with Crippen molar-refractivity contribution in [1.29, 1.82) is 0 Å². The van der Waals surface area contributed by atoms with Gasteiger partial charge in [0.1, 0.15) is 11.5 Å². The summed E-state index contributed by atoms with van der Waals surface area (Å²) in [5.74, 6) is 0.967. The summed E-state index contributed by atoms with van der Waals surface area (Å²) in [5.41, 5.74) is -0.224. The molecule has 4 rings (SSSR count). The third kappa shape index (κ3) is 3.59. The van der Waals surface area contributed by atoms with E-state index in [1.165, 1.54) is 33.2 Å². The van der Waals surface area contributed by atoms with E-state index in [0.29, 0.717) is 23.2 Å². The Morgan fingerprint density at radius 1 is 1.48 bits per heavy atom. The monoisotopic (exact) mass is 387 g/mol. The predicted molar refractivity (Wildman–Crippen MR) is 102 cm³/mol. The largest absolute Gasteiger partial charge is 0.467 e. The maximum absolute atomic E-state index is 12.9. The quantitative estimate of drug-likeness (QED) is 0.683. The minimum atomic E-state index is -0.438. The molecule has 0 saturated carbocycles. The number of anilines is 1. The van der Waals surface area contributed by atoms with Crippen molar-refractivity contribution in [3.63, 3.8) is 0 Å². The van der Waals surface area contributed by atoms with Crippen molar-refractivity contribution in [3.8, 4) is 0 Å². The third-order valence-electron chi connectivity index (χ3n) is 4.71. The molecule has 0 radical (unpaired) electrons. The lowest BCUT2D eigenvalue weighted by Crippen LogP contribution is -2.34. The number of fused-ring (bicyclic) bond motifs is 1. The number of hydrogen-bond acceptors (Lipinski definition) is 7. The van der Waals surface area contributed by atoms with E-state index in [1.54, 1.807) is 25.4 Å². The molecule has 8 nitrogen and oxygen atoms in total. The van der Waals surface area contributed by atoms with Crippen LogP contribution in [-0.2, 0) is 6.54 Å². The first-order valence-electron chi connectivity index (χ1n) is 8.95. The number of amides is 1. The fourth-order valence-corrected chi connectivity index (χ4v) is 4.29. The molecule has 1 saturated heterocycles. The molecule has 0 N–H and O–H groups in total. The molecule has 0 unspecified atom stereocenters. The fourth-order valence-electron chi connectivity index (χ4n) is 3.35. The summed E-state index contributed by atoms with van der Waals surface area (Å²) in [4.78, 5) is 33.1. The Kier molecular flexibility index (Phi) is 4.69. The summed E-state index contributed by atoms with van der Waals surface area (Å²) < 4.78 is 6.79. The topological polar surface area (TPSA) is 84.0 Å². The third-order valence-corrected chi connectivity index (χ3v) is 5.68. The van der Waals surface area contributed by atoms with Crippen LogP contribution in [0.25, 0.3) is 4.96 Å². The number of piperidine rings is 1. The number of aromatic nitrogens is 3. The molecule has 142 valence electrons. The Balaban J connectivity index is 1.67. The number of hydrogen-bond donors (Lipinski definition) is 0. The van der Waals surface area contributed by atoms with Gasteiger partial charge in [0, 0.05) is 26.2 Å². The van der Waals surface area contributed by atoms with Gasteiger partial charge in [0.15, 0.2) is 0 Å². The molecule has 9 heteroatoms. The SMILES string of the molecule is C[C@@H]1CCCN(c2nn3c(C(=O)N(C)Cc4ccco4)cc(=O)nc3s2)C1. The molecular formula is C18H21N5O3S. The van der Waals surface area contributed by atoms with E-state index < -0.39 is 5.56 Å². The van der Waals surface area contributed by atoms with Crippen LogP contribution in [0.1, 0.15) is 36.0 Å². The van der Waals surface area contributed by atoms with Crippen LogP contribution in [-0.4, -0.2) is 45.5 Å². The molecule has 3 aromatic heterocycles. The van der Waals surface area contributed by atoms with Crippen molar-refractivity contribution < 1.29 is 9.21 Å². The maximum atomic E-state index is 12.9. The molecule has 1 amide bonds. The second-order valence-electron chi connectivity index (χ2n) is 6.99. The smallest absolute Gasteiger partial charge is 0.274 e. The Morgan fingerprint density at radius 2 is 2.33 bits per heavy atom. The van der Waals surface area contributed by atoms with E-state index >= 15 is 0 Å². The van der Waals surface area contributed by atoms with Crippen LogP contribution in [0.4, 0.5) is 5.13 Å². The van der Waals surface area contributed by atoms with Crippen molar-refractivity contribution in [2.45, 2.75) is 26.3 Å². The molecule has 0 aliphatic carbocycles. The molecule has 27 heavy (non-hydrogen) atoms. The molecule has 0 aromatic carbocycles. The molecule has 4 heterocycles. The summed E-state index contributed by atoms with van der Waals surface area (Å²) >= 11 is 1.35. The second kappa shape index (κ2) is 7.15. The first kappa shape index (κ1) is 17.7. The number of carbonyl (C=O) groups is 1. The van der Waals surface area contributed by atoms with Crippen LogP contribution in [0, 0.1) is 5.92 Å². The van der Waals surface area contributed by atoms with E-state index in [2.05, 4.69) is 21.9 Å². The van der Waals surface area contributed by atoms with Crippen LogP contribution in [0.15, 0.2) is 33.7 Å². The van der Waals surface area contributed by atoms with Crippen LogP contribution in [0.2, 0.25) is 0 Å². The van der Waals surface area contributed by atoms with Gasteiger partial charge in [-0.3, -0.25) is 9.59 Å². The van der Waals surface area contributed by atoms with Crippen LogP contribution in [0.3, 0.4) is 0 Å². The highest BCUT2D eigenvalue weighted by Crippen LogP contribution is 2.27. The zero-order chi connectivity index (χ0) is 19.0. The van der Waals surface area contributed by atoms with Crippen LogP contribution < -0.4 is 10.5 Å². The maximum Gasteiger partial charge on any atom is 0.274 e. The highest BCUT2D eigenvalue weighted by Gasteiger charge is 2.23. The Labute approximate surface area is 160 Å². The minimum Gasteiger partial charge on any atom is -0.467 e. The number of carbonyl (C=O) groups excluding carboxylic acids is 1. The lowest BCUT2D eigenvalue weighted by molar-refractivity contribution is 0.0766. The molecule has 1 fully saturated rings. The van der Waals surface area contributed by atoms with E-state index in [4.69, 9.17) is 4.42 Å². The minimum absolute atomic E-state index is 0.214. The highest BCUT2D eigenvalue weighted by molar-refractivity contribution is 7.20. The normalized spacial score (nSPS) is 17.4. The second-order valence-corrected chi connectivity index (χ2v) is 7.93. The van der Waals surface area contributed by atoms with Crippen LogP contribution >= 0.6 is 11.3 Å². The fraction of sp³-hybridized carbons (Fsp3) is 0.444. The van der Waals surface area contributed by atoms with E-state index in [9.17, 15) is 9.59 Å². The Hall–Kier alpha value is -2.68. The number of rotatable bonds is 4. The molecule has 0 spiro atoms. The Morgan fingerprint density at radius 3 is 3.07 bits per heavy atom. The van der Waals surface area contributed by atoms with Gasteiger partial charge in [-0.2, -0.15) is 9.50 Å². The summed E-state index contributed by atoms with van der Waals surface area (Å²) in [6.07, 6.45) is 3.88. The predicted octanol–water partition coefficient (Wildman–Crippen LogP) is 2.25. The molecule has 3 aromatic rings. The lowest BCUT2D eigenvalue weighted by atomic mass is 10.0. The van der Waals surface area contributed by atoms with Gasteiger partial charge in [-0.1, -0.05) is 18.3 Å². The van der Waals surface area contributed by atoms with Gasteiger partial charge >= 0.3 is 0 Å². The summed E-state index contributed by atoms with van der Waals surface area (Å²) in [6, 6.07) is 4.82. The molecule has 0 bridgehead atoms. The van der Waals surface area contributed by atoms with Gasteiger partial charge in [-0.05, 0) is 30.9 Å². The summed E-state index contributed by atoms with van der Waals surface area (Å²) in [6.45, 7) is 4.38.